The number of benzene rings is 1. The molecule has 146 valence electrons. The molecular weight excluding hydrogens is 422 g/mol. The van der Waals surface area contributed by atoms with Crippen LogP contribution >= 0.6 is 15.9 Å². The molecule has 0 N–H and O–H groups in total. The fourth-order valence-electron chi connectivity index (χ4n) is 3.73. The number of pyridine rings is 1. The van der Waals surface area contributed by atoms with E-state index in [9.17, 15) is 0 Å². The fraction of sp³-hybridized carbons (Fsp3) is 0.429. The number of aromatic nitrogens is 3. The summed E-state index contributed by atoms with van der Waals surface area (Å²) in [6.07, 6.45) is 8.19. The van der Waals surface area contributed by atoms with Gasteiger partial charge in [-0.05, 0) is 53.7 Å². The number of fused-ring (bicyclic) bond motifs is 1. The van der Waals surface area contributed by atoms with Crippen molar-refractivity contribution in [3.8, 4) is 17.2 Å². The van der Waals surface area contributed by atoms with Crippen LogP contribution in [-0.2, 0) is 4.74 Å². The predicted molar refractivity (Wildman–Crippen MR) is 109 cm³/mol. The minimum atomic E-state index is 0.378. The summed E-state index contributed by atoms with van der Waals surface area (Å²) in [6, 6.07) is 6.34. The minimum absolute atomic E-state index is 0.378. The second-order valence-electron chi connectivity index (χ2n) is 7.39. The van der Waals surface area contributed by atoms with E-state index in [0.717, 1.165) is 64.4 Å². The first kappa shape index (κ1) is 17.9. The highest BCUT2D eigenvalue weighted by molar-refractivity contribution is 9.10. The van der Waals surface area contributed by atoms with E-state index >= 15 is 0 Å². The van der Waals surface area contributed by atoms with Gasteiger partial charge in [-0.1, -0.05) is 0 Å². The molecule has 2 fully saturated rings. The normalized spacial score (nSPS) is 17.8. The van der Waals surface area contributed by atoms with Crippen molar-refractivity contribution in [1.29, 1.82) is 0 Å². The quantitative estimate of drug-likeness (QED) is 0.540. The van der Waals surface area contributed by atoms with Crippen LogP contribution in [0, 0.1) is 0 Å². The highest BCUT2D eigenvalue weighted by Gasteiger charge is 2.30. The van der Waals surface area contributed by atoms with Gasteiger partial charge in [0, 0.05) is 36.8 Å². The zero-order valence-electron chi connectivity index (χ0n) is 15.7. The first-order valence-electron chi connectivity index (χ1n) is 9.70. The fourth-order valence-corrected chi connectivity index (χ4v) is 4.24. The van der Waals surface area contributed by atoms with Crippen molar-refractivity contribution in [3.05, 3.63) is 40.8 Å². The summed E-state index contributed by atoms with van der Waals surface area (Å²) >= 11 is 3.57. The maximum absolute atomic E-state index is 6.44. The van der Waals surface area contributed by atoms with E-state index in [1.54, 1.807) is 13.3 Å². The molecule has 0 radical (unpaired) electrons. The van der Waals surface area contributed by atoms with Gasteiger partial charge in [0.15, 0.2) is 5.75 Å². The van der Waals surface area contributed by atoms with Gasteiger partial charge in [-0.15, -0.1) is 0 Å². The maximum Gasteiger partial charge on any atom is 0.168 e. The van der Waals surface area contributed by atoms with E-state index in [4.69, 9.17) is 19.3 Å². The van der Waals surface area contributed by atoms with Crippen LogP contribution in [-0.4, -0.2) is 35.1 Å². The minimum Gasteiger partial charge on any atom is -0.495 e. The number of rotatable bonds is 5. The van der Waals surface area contributed by atoms with Crippen LogP contribution in [0.4, 0.5) is 0 Å². The molecule has 0 atom stereocenters. The van der Waals surface area contributed by atoms with E-state index in [0.29, 0.717) is 12.0 Å². The third kappa shape index (κ3) is 3.37. The molecule has 1 aliphatic carbocycles. The van der Waals surface area contributed by atoms with Crippen LogP contribution in [0.3, 0.4) is 0 Å². The average Bonchev–Trinajstić information content (AvgIpc) is 3.49. The van der Waals surface area contributed by atoms with Crippen LogP contribution in [0.25, 0.3) is 10.9 Å². The Hall–Kier alpha value is -2.12. The third-order valence-corrected chi connectivity index (χ3v) is 6.07. The van der Waals surface area contributed by atoms with Gasteiger partial charge < -0.3 is 14.2 Å². The van der Waals surface area contributed by atoms with Gasteiger partial charge in [-0.3, -0.25) is 9.67 Å². The summed E-state index contributed by atoms with van der Waals surface area (Å²) in [5.41, 5.74) is 1.88. The molecule has 1 aromatic carbocycles. The highest BCUT2D eigenvalue weighted by atomic mass is 79.9. The van der Waals surface area contributed by atoms with E-state index in [2.05, 4.69) is 31.8 Å². The molecule has 28 heavy (non-hydrogen) atoms. The van der Waals surface area contributed by atoms with E-state index in [-0.39, 0.29) is 0 Å². The standard InChI is InChI=1S/C21H22BrN3O3/c1-26-19-11-17-15(10-16(19)22)18(4-7-23-17)28-20-12-25(14-2-3-14)24-21(20)13-5-8-27-9-6-13/h4,7,10-14H,2-3,5-6,8-9H2,1H3. The largest absolute Gasteiger partial charge is 0.495 e. The molecule has 0 amide bonds. The summed E-state index contributed by atoms with van der Waals surface area (Å²) in [6.45, 7) is 1.57. The number of hydrogen-bond donors (Lipinski definition) is 0. The Kier molecular flexibility index (Phi) is 4.72. The molecule has 1 saturated heterocycles. The lowest BCUT2D eigenvalue weighted by molar-refractivity contribution is 0.0839. The maximum atomic E-state index is 6.44. The van der Waals surface area contributed by atoms with Crippen LogP contribution in [0.1, 0.15) is 43.3 Å². The first-order chi connectivity index (χ1) is 13.7. The molecule has 5 rings (SSSR count). The summed E-state index contributed by atoms with van der Waals surface area (Å²) in [5, 5.41) is 5.85. The molecule has 2 aliphatic rings. The summed E-state index contributed by atoms with van der Waals surface area (Å²) < 4.78 is 20.3. The number of ether oxygens (including phenoxy) is 3. The van der Waals surface area contributed by atoms with Crippen molar-refractivity contribution >= 4 is 26.8 Å². The zero-order valence-corrected chi connectivity index (χ0v) is 17.3. The van der Waals surface area contributed by atoms with Crippen molar-refractivity contribution in [2.75, 3.05) is 20.3 Å². The molecule has 0 spiro atoms. The smallest absolute Gasteiger partial charge is 0.168 e. The van der Waals surface area contributed by atoms with E-state index in [1.807, 2.05) is 18.2 Å². The Bertz CT molecular complexity index is 1010. The van der Waals surface area contributed by atoms with Gasteiger partial charge in [-0.2, -0.15) is 5.10 Å². The zero-order chi connectivity index (χ0) is 19.1. The Balaban J connectivity index is 1.54. The molecule has 7 heteroatoms. The topological polar surface area (TPSA) is 58.4 Å². The third-order valence-electron chi connectivity index (χ3n) is 5.45. The SMILES string of the molecule is COc1cc2nccc(Oc3cn(C4CC4)nc3C3CCOCC3)c2cc1Br. The second-order valence-corrected chi connectivity index (χ2v) is 8.25. The van der Waals surface area contributed by atoms with E-state index < -0.39 is 0 Å². The Morgan fingerprint density at radius 2 is 1.93 bits per heavy atom. The number of nitrogens with zero attached hydrogens (tertiary/aromatic N) is 3. The molecule has 2 aromatic heterocycles. The van der Waals surface area contributed by atoms with Gasteiger partial charge in [0.1, 0.15) is 17.2 Å². The van der Waals surface area contributed by atoms with Crippen LogP contribution < -0.4 is 9.47 Å². The molecule has 0 bridgehead atoms. The summed E-state index contributed by atoms with van der Waals surface area (Å²) in [5.74, 6) is 2.75. The molecule has 3 heterocycles. The molecule has 0 unspecified atom stereocenters. The van der Waals surface area contributed by atoms with Crippen molar-refractivity contribution in [2.24, 2.45) is 0 Å². The Labute approximate surface area is 171 Å². The molecular formula is C21H22BrN3O3. The van der Waals surface area contributed by atoms with Crippen molar-refractivity contribution in [2.45, 2.75) is 37.6 Å². The monoisotopic (exact) mass is 443 g/mol. The highest BCUT2D eigenvalue weighted by Crippen LogP contribution is 2.42. The van der Waals surface area contributed by atoms with Crippen molar-refractivity contribution in [3.63, 3.8) is 0 Å². The van der Waals surface area contributed by atoms with Crippen molar-refractivity contribution < 1.29 is 14.2 Å². The van der Waals surface area contributed by atoms with Crippen LogP contribution in [0.5, 0.6) is 17.2 Å². The summed E-state index contributed by atoms with van der Waals surface area (Å²) in [7, 11) is 1.65. The molecule has 3 aromatic rings. The number of halogens is 1. The van der Waals surface area contributed by atoms with Gasteiger partial charge >= 0.3 is 0 Å². The predicted octanol–water partition coefficient (Wildman–Crippen LogP) is 5.22. The van der Waals surface area contributed by atoms with Gasteiger partial charge in [0.25, 0.3) is 0 Å². The average molecular weight is 444 g/mol. The molecule has 6 nitrogen and oxygen atoms in total. The van der Waals surface area contributed by atoms with Crippen LogP contribution in [0.2, 0.25) is 0 Å². The lowest BCUT2D eigenvalue weighted by Gasteiger charge is -2.21. The molecule has 1 saturated carbocycles. The number of methoxy groups -OCH3 is 1. The first-order valence-corrected chi connectivity index (χ1v) is 10.5. The summed E-state index contributed by atoms with van der Waals surface area (Å²) in [4.78, 5) is 4.47. The van der Waals surface area contributed by atoms with Gasteiger partial charge in [-0.25, -0.2) is 0 Å². The van der Waals surface area contributed by atoms with E-state index in [1.165, 1.54) is 12.8 Å². The van der Waals surface area contributed by atoms with Gasteiger partial charge in [0.2, 0.25) is 0 Å². The second kappa shape index (κ2) is 7.37. The van der Waals surface area contributed by atoms with Gasteiger partial charge in [0.05, 0.1) is 29.3 Å². The molecule has 1 aliphatic heterocycles. The van der Waals surface area contributed by atoms with Crippen LogP contribution in [0.15, 0.2) is 35.1 Å². The lowest BCUT2D eigenvalue weighted by atomic mass is 9.96. The Morgan fingerprint density at radius 1 is 1.11 bits per heavy atom. The number of hydrogen-bond acceptors (Lipinski definition) is 5. The lowest BCUT2D eigenvalue weighted by Crippen LogP contribution is -2.15. The Morgan fingerprint density at radius 3 is 2.68 bits per heavy atom. The van der Waals surface area contributed by atoms with Crippen molar-refractivity contribution in [1.82, 2.24) is 14.8 Å².